The third-order valence-electron chi connectivity index (χ3n) is 11.9. The first-order valence-electron chi connectivity index (χ1n) is 20.4. The smallest absolute Gasteiger partial charge is 0.138 e. The molecule has 60 heavy (non-hydrogen) atoms. The average Bonchev–Trinajstić information content (AvgIpc) is 3.85. The highest BCUT2D eigenvalue weighted by Crippen LogP contribution is 2.39. The minimum atomic E-state index is 0.875. The second-order valence-corrected chi connectivity index (χ2v) is 15.4. The molecule has 8 aromatic carbocycles. The van der Waals surface area contributed by atoms with E-state index in [1.165, 1.54) is 32.6 Å². The number of para-hydroxylation sites is 4. The molecule has 0 saturated carbocycles. The van der Waals surface area contributed by atoms with Gasteiger partial charge >= 0.3 is 0 Å². The van der Waals surface area contributed by atoms with Crippen molar-refractivity contribution in [3.05, 3.63) is 218 Å². The molecule has 0 unspecified atom stereocenters. The van der Waals surface area contributed by atoms with Crippen LogP contribution in [-0.4, -0.2) is 19.1 Å². The van der Waals surface area contributed by atoms with Crippen LogP contribution in [0.15, 0.2) is 218 Å². The summed E-state index contributed by atoms with van der Waals surface area (Å²) < 4.78 is 4.70. The van der Waals surface area contributed by atoms with Gasteiger partial charge in [0.2, 0.25) is 0 Å². The van der Waals surface area contributed by atoms with Crippen LogP contribution >= 0.6 is 0 Å². The first kappa shape index (κ1) is 34.0. The summed E-state index contributed by atoms with van der Waals surface area (Å²) in [5, 5.41) is 5.96. The fraction of sp³-hybridized carbons (Fsp3) is 0. The average molecular weight is 765 g/mol. The number of pyridine rings is 2. The van der Waals surface area contributed by atoms with Gasteiger partial charge in [0.25, 0.3) is 0 Å². The number of fused-ring (bicyclic) bond motifs is 7. The van der Waals surface area contributed by atoms with Crippen molar-refractivity contribution in [2.24, 2.45) is 0 Å². The van der Waals surface area contributed by atoms with Crippen molar-refractivity contribution in [2.75, 3.05) is 0 Å². The Morgan fingerprint density at radius 3 is 1.37 bits per heavy atom. The molecule has 0 aliphatic carbocycles. The van der Waals surface area contributed by atoms with Crippen molar-refractivity contribution in [3.63, 3.8) is 0 Å². The Balaban J connectivity index is 1.11. The zero-order valence-corrected chi connectivity index (χ0v) is 32.6. The summed E-state index contributed by atoms with van der Waals surface area (Å²) in [7, 11) is 0. The largest absolute Gasteiger partial charge is 0.309 e. The molecular weight excluding hydrogens is 729 g/mol. The number of aromatic nitrogens is 4. The minimum Gasteiger partial charge on any atom is -0.309 e. The monoisotopic (exact) mass is 764 g/mol. The summed E-state index contributed by atoms with van der Waals surface area (Å²) in [6.07, 6.45) is 0. The predicted octanol–water partition coefficient (Wildman–Crippen LogP) is 14.5. The lowest BCUT2D eigenvalue weighted by molar-refractivity contribution is 1.10. The number of hydrogen-bond donors (Lipinski definition) is 0. The standard InChI is InChI=1S/C56H36N4/c1-3-16-37(17-4-1)41-33-50(38-18-5-2-6-19-38)57-51(34-41)40-21-15-20-39(32-40)47-36-56(60-54-28-13-9-24-45(54)46-25-10-14-29-55(46)60)58-49-31-30-42(35-48(47)49)59-52-26-11-7-22-43(52)44-23-8-12-27-53(44)59/h1-36H. The quantitative estimate of drug-likeness (QED) is 0.169. The molecule has 0 aliphatic heterocycles. The van der Waals surface area contributed by atoms with Crippen LogP contribution in [0, 0.1) is 0 Å². The number of benzene rings is 8. The minimum absolute atomic E-state index is 0.875. The van der Waals surface area contributed by atoms with Gasteiger partial charge in [0, 0.05) is 43.7 Å². The number of nitrogens with zero attached hydrogens (tertiary/aromatic N) is 4. The maximum Gasteiger partial charge on any atom is 0.138 e. The highest BCUT2D eigenvalue weighted by Gasteiger charge is 2.19. The Hall–Kier alpha value is -8.08. The maximum absolute atomic E-state index is 5.46. The van der Waals surface area contributed by atoms with Gasteiger partial charge < -0.3 is 4.57 Å². The van der Waals surface area contributed by atoms with Crippen molar-refractivity contribution in [1.82, 2.24) is 19.1 Å². The van der Waals surface area contributed by atoms with E-state index in [4.69, 9.17) is 9.97 Å². The molecule has 12 rings (SSSR count). The molecule has 0 amide bonds. The first-order chi connectivity index (χ1) is 29.7. The maximum atomic E-state index is 5.46. The van der Waals surface area contributed by atoms with E-state index in [0.29, 0.717) is 0 Å². The zero-order chi connectivity index (χ0) is 39.6. The fourth-order valence-electron chi connectivity index (χ4n) is 9.14. The molecule has 4 heteroatoms. The lowest BCUT2D eigenvalue weighted by atomic mass is 9.96. The van der Waals surface area contributed by atoms with E-state index >= 15 is 0 Å². The van der Waals surface area contributed by atoms with Crippen LogP contribution in [0.4, 0.5) is 0 Å². The van der Waals surface area contributed by atoms with Gasteiger partial charge in [0.15, 0.2) is 0 Å². The van der Waals surface area contributed by atoms with E-state index in [1.807, 2.05) is 6.07 Å². The van der Waals surface area contributed by atoms with Crippen LogP contribution in [-0.2, 0) is 0 Å². The van der Waals surface area contributed by atoms with Crippen LogP contribution in [0.3, 0.4) is 0 Å². The molecular formula is C56H36N4. The molecule has 0 atom stereocenters. The molecule has 4 aromatic heterocycles. The molecule has 4 nitrogen and oxygen atoms in total. The van der Waals surface area contributed by atoms with Crippen LogP contribution < -0.4 is 0 Å². The summed E-state index contributed by atoms with van der Waals surface area (Å²) in [5.41, 5.74) is 15.1. The molecule has 0 bridgehead atoms. The Morgan fingerprint density at radius 2 is 0.767 bits per heavy atom. The third kappa shape index (κ3) is 5.53. The first-order valence-corrected chi connectivity index (χ1v) is 20.4. The van der Waals surface area contributed by atoms with Crippen molar-refractivity contribution in [2.45, 2.75) is 0 Å². The van der Waals surface area contributed by atoms with Crippen LogP contribution in [0.1, 0.15) is 0 Å². The molecule has 0 saturated heterocycles. The van der Waals surface area contributed by atoms with Gasteiger partial charge in [-0.1, -0.05) is 152 Å². The van der Waals surface area contributed by atoms with Gasteiger partial charge in [-0.25, -0.2) is 9.97 Å². The normalized spacial score (nSPS) is 11.7. The second-order valence-electron chi connectivity index (χ2n) is 15.4. The number of rotatable bonds is 6. The van der Waals surface area contributed by atoms with Crippen LogP contribution in [0.2, 0.25) is 0 Å². The van der Waals surface area contributed by atoms with Gasteiger partial charge in [-0.05, 0) is 89.0 Å². The summed E-state index contributed by atoms with van der Waals surface area (Å²) >= 11 is 0. The van der Waals surface area contributed by atoms with E-state index in [-0.39, 0.29) is 0 Å². The molecule has 0 spiro atoms. The van der Waals surface area contributed by atoms with Gasteiger partial charge in [0.1, 0.15) is 5.82 Å². The SMILES string of the molecule is c1ccc(-c2cc(-c3ccccc3)nc(-c3cccc(-c4cc(-n5c6ccccc6c6ccccc65)nc5ccc(-n6c7ccccc7c7ccccc76)cc45)c3)c2)cc1. The lowest BCUT2D eigenvalue weighted by Gasteiger charge is -2.16. The van der Waals surface area contributed by atoms with Gasteiger partial charge in [-0.15, -0.1) is 0 Å². The molecule has 280 valence electrons. The Kier molecular flexibility index (Phi) is 7.82. The van der Waals surface area contributed by atoms with Gasteiger partial charge in [-0.2, -0.15) is 0 Å². The highest BCUT2D eigenvalue weighted by atomic mass is 15.1. The van der Waals surface area contributed by atoms with E-state index in [2.05, 4.69) is 221 Å². The summed E-state index contributed by atoms with van der Waals surface area (Å²) in [6.45, 7) is 0. The molecule has 0 aliphatic rings. The molecule has 12 aromatic rings. The van der Waals surface area contributed by atoms with E-state index < -0.39 is 0 Å². The highest BCUT2D eigenvalue weighted by molar-refractivity contribution is 6.11. The Labute approximate surface area is 346 Å². The second kappa shape index (κ2) is 13.8. The van der Waals surface area contributed by atoms with Gasteiger partial charge in [-0.3, -0.25) is 4.57 Å². The van der Waals surface area contributed by atoms with Crippen molar-refractivity contribution in [1.29, 1.82) is 0 Å². The van der Waals surface area contributed by atoms with Crippen molar-refractivity contribution < 1.29 is 0 Å². The Bertz CT molecular complexity index is 3430. The predicted molar refractivity (Wildman–Crippen MR) is 250 cm³/mol. The van der Waals surface area contributed by atoms with E-state index in [1.54, 1.807) is 0 Å². The van der Waals surface area contributed by atoms with Crippen molar-refractivity contribution in [3.8, 4) is 56.3 Å². The zero-order valence-electron chi connectivity index (χ0n) is 32.6. The number of hydrogen-bond acceptors (Lipinski definition) is 2. The molecule has 0 fully saturated rings. The lowest BCUT2D eigenvalue weighted by Crippen LogP contribution is -2.00. The van der Waals surface area contributed by atoms with Gasteiger partial charge in [0.05, 0.1) is 39.0 Å². The molecule has 4 heterocycles. The molecule has 0 N–H and O–H groups in total. The fourth-order valence-corrected chi connectivity index (χ4v) is 9.14. The topological polar surface area (TPSA) is 35.6 Å². The summed E-state index contributed by atoms with van der Waals surface area (Å²) in [4.78, 5) is 10.8. The Morgan fingerprint density at radius 1 is 0.283 bits per heavy atom. The van der Waals surface area contributed by atoms with E-state index in [9.17, 15) is 0 Å². The van der Waals surface area contributed by atoms with E-state index in [0.717, 1.165) is 78.2 Å². The molecule has 0 radical (unpaired) electrons. The summed E-state index contributed by atoms with van der Waals surface area (Å²) in [6, 6.07) is 77.9. The van der Waals surface area contributed by atoms with Crippen LogP contribution in [0.25, 0.3) is 111 Å². The van der Waals surface area contributed by atoms with Crippen molar-refractivity contribution >= 4 is 54.5 Å². The summed E-state index contributed by atoms with van der Waals surface area (Å²) in [5.74, 6) is 0.875. The van der Waals surface area contributed by atoms with Crippen LogP contribution in [0.5, 0.6) is 0 Å². The third-order valence-corrected chi connectivity index (χ3v) is 11.9.